The average molecular weight is 549 g/mol. The quantitative estimate of drug-likeness (QED) is 0.338. The van der Waals surface area contributed by atoms with Gasteiger partial charge in [0.05, 0.1) is 32.8 Å². The summed E-state index contributed by atoms with van der Waals surface area (Å²) in [6.07, 6.45) is 10.5. The van der Waals surface area contributed by atoms with E-state index in [1.165, 1.54) is 16.1 Å². The second kappa shape index (κ2) is 9.31. The van der Waals surface area contributed by atoms with E-state index < -0.39 is 0 Å². The van der Waals surface area contributed by atoms with Gasteiger partial charge in [-0.25, -0.2) is 9.97 Å². The molecule has 0 bridgehead atoms. The number of hydrogen-bond acceptors (Lipinski definition) is 7. The summed E-state index contributed by atoms with van der Waals surface area (Å²) in [4.78, 5) is 29.0. The van der Waals surface area contributed by atoms with Crippen LogP contribution in [0.25, 0.3) is 28.4 Å². The maximum Gasteiger partial charge on any atom is 0.261 e. The lowest BCUT2D eigenvalue weighted by Crippen LogP contribution is -2.38. The number of imidazole rings is 1. The van der Waals surface area contributed by atoms with E-state index in [4.69, 9.17) is 4.98 Å². The molecule has 1 aliphatic rings. The zero-order chi connectivity index (χ0) is 23.8. The normalized spacial score (nSPS) is 18.1. The molecule has 2 atom stereocenters. The van der Waals surface area contributed by atoms with E-state index in [0.29, 0.717) is 10.7 Å². The van der Waals surface area contributed by atoms with Crippen LogP contribution in [0.3, 0.4) is 0 Å². The smallest absolute Gasteiger partial charge is 0.261 e. The van der Waals surface area contributed by atoms with Crippen LogP contribution in [0.15, 0.2) is 65.0 Å². The topological polar surface area (TPSA) is 103 Å². The fourth-order valence-corrected chi connectivity index (χ4v) is 5.99. The van der Waals surface area contributed by atoms with Crippen LogP contribution in [0.5, 0.6) is 0 Å². The van der Waals surface area contributed by atoms with E-state index in [9.17, 15) is 4.79 Å². The molecular weight excluding hydrogens is 528 g/mol. The molecule has 0 saturated heterocycles. The Hall–Kier alpha value is -3.44. The van der Waals surface area contributed by atoms with Crippen molar-refractivity contribution in [2.24, 2.45) is 0 Å². The molecule has 5 heterocycles. The molecule has 1 N–H and O–H groups in total. The van der Waals surface area contributed by atoms with Crippen molar-refractivity contribution >= 4 is 44.2 Å². The summed E-state index contributed by atoms with van der Waals surface area (Å²) in [6, 6.07) is 11.8. The Morgan fingerprint density at radius 2 is 1.97 bits per heavy atom. The third kappa shape index (κ3) is 4.37. The van der Waals surface area contributed by atoms with Crippen molar-refractivity contribution in [2.75, 3.05) is 0 Å². The van der Waals surface area contributed by atoms with Crippen LogP contribution in [0.2, 0.25) is 0 Å². The molecule has 6 rings (SSSR count). The van der Waals surface area contributed by atoms with E-state index in [0.717, 1.165) is 52.0 Å². The molecule has 5 aromatic heterocycles. The summed E-state index contributed by atoms with van der Waals surface area (Å²) in [5.41, 5.74) is 2.54. The number of nitrogens with one attached hydrogen (secondary N) is 1. The molecular formula is C24H21BrN8OS. The average Bonchev–Trinajstić information content (AvgIpc) is 3.64. The van der Waals surface area contributed by atoms with Gasteiger partial charge in [-0.3, -0.25) is 9.78 Å². The van der Waals surface area contributed by atoms with Gasteiger partial charge < -0.3 is 9.88 Å². The van der Waals surface area contributed by atoms with Crippen molar-refractivity contribution in [1.29, 1.82) is 0 Å². The summed E-state index contributed by atoms with van der Waals surface area (Å²) in [7, 11) is 0. The molecule has 1 fully saturated rings. The number of aromatic nitrogens is 7. The van der Waals surface area contributed by atoms with Crippen molar-refractivity contribution in [2.45, 2.75) is 37.8 Å². The SMILES string of the molecule is O=C(NC1CCCC(n2c(-c3ccccn3)nc3cnc(-n4nccn4)cc32)C1)c1ccc(Br)s1. The van der Waals surface area contributed by atoms with Gasteiger partial charge >= 0.3 is 0 Å². The number of pyridine rings is 2. The van der Waals surface area contributed by atoms with Gasteiger partial charge in [0, 0.05) is 24.3 Å². The molecule has 1 amide bonds. The fourth-order valence-electron chi connectivity index (χ4n) is 4.70. The summed E-state index contributed by atoms with van der Waals surface area (Å²) in [5, 5.41) is 11.7. The lowest BCUT2D eigenvalue weighted by Gasteiger charge is -2.31. The first-order chi connectivity index (χ1) is 17.2. The van der Waals surface area contributed by atoms with Crippen LogP contribution in [0.4, 0.5) is 0 Å². The Kier molecular flexibility index (Phi) is 5.86. The first-order valence-electron chi connectivity index (χ1n) is 11.4. The molecule has 5 aromatic rings. The number of halogens is 1. The molecule has 9 nitrogen and oxygen atoms in total. The zero-order valence-corrected chi connectivity index (χ0v) is 21.0. The number of hydrogen-bond donors (Lipinski definition) is 1. The van der Waals surface area contributed by atoms with Gasteiger partial charge in [-0.15, -0.1) is 16.1 Å². The number of carbonyl (C=O) groups is 1. The van der Waals surface area contributed by atoms with E-state index >= 15 is 0 Å². The molecule has 2 unspecified atom stereocenters. The third-order valence-electron chi connectivity index (χ3n) is 6.22. The first-order valence-corrected chi connectivity index (χ1v) is 13.0. The van der Waals surface area contributed by atoms with Crippen molar-refractivity contribution < 1.29 is 4.79 Å². The van der Waals surface area contributed by atoms with E-state index in [1.54, 1.807) is 24.8 Å². The Balaban J connectivity index is 1.38. The summed E-state index contributed by atoms with van der Waals surface area (Å²) in [6.45, 7) is 0. The summed E-state index contributed by atoms with van der Waals surface area (Å²) >= 11 is 4.89. The molecule has 0 aromatic carbocycles. The summed E-state index contributed by atoms with van der Waals surface area (Å²) < 4.78 is 3.21. The van der Waals surface area contributed by atoms with Crippen LogP contribution in [0, 0.1) is 0 Å². The number of fused-ring (bicyclic) bond motifs is 1. The fraction of sp³-hybridized carbons (Fsp3) is 0.250. The second-order valence-electron chi connectivity index (χ2n) is 8.46. The highest BCUT2D eigenvalue weighted by molar-refractivity contribution is 9.11. The van der Waals surface area contributed by atoms with Crippen molar-refractivity contribution in [3.63, 3.8) is 0 Å². The van der Waals surface area contributed by atoms with Gasteiger partial charge in [-0.1, -0.05) is 6.07 Å². The van der Waals surface area contributed by atoms with Gasteiger partial charge in [0.15, 0.2) is 11.6 Å². The molecule has 1 saturated carbocycles. The maximum absolute atomic E-state index is 12.8. The number of nitrogens with zero attached hydrogens (tertiary/aromatic N) is 7. The van der Waals surface area contributed by atoms with Gasteiger partial charge in [0.2, 0.25) is 0 Å². The highest BCUT2D eigenvalue weighted by Gasteiger charge is 2.29. The van der Waals surface area contributed by atoms with Crippen LogP contribution in [-0.4, -0.2) is 46.5 Å². The van der Waals surface area contributed by atoms with Crippen molar-refractivity contribution in [1.82, 2.24) is 39.8 Å². The van der Waals surface area contributed by atoms with Crippen molar-refractivity contribution in [3.05, 3.63) is 69.8 Å². The van der Waals surface area contributed by atoms with Gasteiger partial charge in [0.25, 0.3) is 5.91 Å². The molecule has 176 valence electrons. The second-order valence-corrected chi connectivity index (χ2v) is 10.9. The van der Waals surface area contributed by atoms with Crippen molar-refractivity contribution in [3.8, 4) is 17.3 Å². The number of carbonyl (C=O) groups excluding carboxylic acids is 1. The van der Waals surface area contributed by atoms with Crippen LogP contribution in [0.1, 0.15) is 41.4 Å². The van der Waals surface area contributed by atoms with Crippen LogP contribution in [-0.2, 0) is 0 Å². The molecule has 0 spiro atoms. The maximum atomic E-state index is 12.8. The Labute approximate surface area is 213 Å². The lowest BCUT2D eigenvalue weighted by molar-refractivity contribution is 0.0925. The van der Waals surface area contributed by atoms with E-state index in [1.807, 2.05) is 36.4 Å². The number of thiophene rings is 1. The minimum Gasteiger partial charge on any atom is -0.349 e. The highest BCUT2D eigenvalue weighted by Crippen LogP contribution is 2.36. The third-order valence-corrected chi connectivity index (χ3v) is 7.85. The molecule has 35 heavy (non-hydrogen) atoms. The number of rotatable bonds is 5. The standard InChI is InChI=1S/C24H21BrN8OS/c25-21-8-7-20(35-21)24(34)30-15-4-3-5-16(12-15)32-19-13-22(33-28-10-11-29-33)27-14-18(19)31-23(32)17-6-1-2-9-26-17/h1-2,6-11,13-16H,3-5,12H2,(H,30,34). The lowest BCUT2D eigenvalue weighted by atomic mass is 9.90. The zero-order valence-electron chi connectivity index (χ0n) is 18.6. The molecule has 1 aliphatic carbocycles. The Morgan fingerprint density at radius 1 is 1.09 bits per heavy atom. The monoisotopic (exact) mass is 548 g/mol. The van der Waals surface area contributed by atoms with Gasteiger partial charge in [-0.05, 0) is 65.9 Å². The van der Waals surface area contributed by atoms with Gasteiger partial charge in [-0.2, -0.15) is 10.2 Å². The largest absolute Gasteiger partial charge is 0.349 e. The minimum absolute atomic E-state index is 0.0250. The molecule has 0 aliphatic heterocycles. The van der Waals surface area contributed by atoms with E-state index in [2.05, 4.69) is 46.0 Å². The molecule has 11 heteroatoms. The van der Waals surface area contributed by atoms with Crippen LogP contribution < -0.4 is 5.32 Å². The Bertz CT molecular complexity index is 1480. The predicted octanol–water partition coefficient (Wildman–Crippen LogP) is 4.81. The highest BCUT2D eigenvalue weighted by atomic mass is 79.9. The van der Waals surface area contributed by atoms with Crippen LogP contribution >= 0.6 is 27.3 Å². The predicted molar refractivity (Wildman–Crippen MR) is 136 cm³/mol. The van der Waals surface area contributed by atoms with Gasteiger partial charge in [0.1, 0.15) is 11.2 Å². The Morgan fingerprint density at radius 3 is 2.74 bits per heavy atom. The minimum atomic E-state index is -0.0250. The molecule has 0 radical (unpaired) electrons. The summed E-state index contributed by atoms with van der Waals surface area (Å²) in [5.74, 6) is 1.40. The van der Waals surface area contributed by atoms with E-state index in [-0.39, 0.29) is 18.0 Å². The first kappa shape index (κ1) is 22.1. The number of amides is 1.